The zero-order valence-corrected chi connectivity index (χ0v) is 17.5. The van der Waals surface area contributed by atoms with Crippen LogP contribution in [0.15, 0.2) is 48.7 Å². The quantitative estimate of drug-likeness (QED) is 0.797. The van der Waals surface area contributed by atoms with E-state index in [1.165, 1.54) is 5.56 Å². The van der Waals surface area contributed by atoms with Gasteiger partial charge in [0.25, 0.3) is 5.91 Å². The molecule has 0 saturated carbocycles. The van der Waals surface area contributed by atoms with E-state index in [0.717, 1.165) is 70.9 Å². The molecule has 2 aromatic rings. The molecule has 0 aliphatic carbocycles. The first-order chi connectivity index (χ1) is 14.2. The van der Waals surface area contributed by atoms with Crippen LogP contribution in [0.2, 0.25) is 0 Å². The minimum Gasteiger partial charge on any atom is -0.354 e. The monoisotopic (exact) mass is 392 g/mol. The number of likely N-dealkylation sites (N-methyl/N-ethyl adjacent to an activating group) is 1. The minimum atomic E-state index is 0.119. The van der Waals surface area contributed by atoms with Crippen molar-refractivity contribution in [3.8, 4) is 0 Å². The second-order valence-corrected chi connectivity index (χ2v) is 8.16. The van der Waals surface area contributed by atoms with Gasteiger partial charge in [-0.1, -0.05) is 37.3 Å². The summed E-state index contributed by atoms with van der Waals surface area (Å²) in [6.45, 7) is 9.13. The largest absolute Gasteiger partial charge is 0.354 e. The van der Waals surface area contributed by atoms with Gasteiger partial charge in [-0.3, -0.25) is 4.79 Å². The fraction of sp³-hybridized carbons (Fsp3) is 0.500. The highest BCUT2D eigenvalue weighted by Crippen LogP contribution is 2.28. The summed E-state index contributed by atoms with van der Waals surface area (Å²) in [5, 5.41) is 0. The molecular formula is C24H32N4O. The van der Waals surface area contributed by atoms with Crippen molar-refractivity contribution in [3.63, 3.8) is 0 Å². The maximum atomic E-state index is 13.0. The first kappa shape index (κ1) is 19.9. The van der Waals surface area contributed by atoms with Crippen molar-refractivity contribution in [2.45, 2.75) is 32.1 Å². The fourth-order valence-electron chi connectivity index (χ4n) is 4.53. The summed E-state index contributed by atoms with van der Waals surface area (Å²) in [6.07, 6.45) is 5.00. The van der Waals surface area contributed by atoms with Gasteiger partial charge in [0.1, 0.15) is 5.82 Å². The molecule has 1 atom stereocenters. The molecule has 0 radical (unpaired) electrons. The van der Waals surface area contributed by atoms with Crippen LogP contribution in [0.1, 0.15) is 48.0 Å². The van der Waals surface area contributed by atoms with Crippen LogP contribution in [0.25, 0.3) is 0 Å². The Morgan fingerprint density at radius 3 is 2.45 bits per heavy atom. The molecule has 154 valence electrons. The topological polar surface area (TPSA) is 39.7 Å². The Morgan fingerprint density at radius 1 is 0.966 bits per heavy atom. The summed E-state index contributed by atoms with van der Waals surface area (Å²) in [7, 11) is 0. The molecule has 5 heteroatoms. The van der Waals surface area contributed by atoms with E-state index in [1.807, 2.05) is 17.0 Å². The summed E-state index contributed by atoms with van der Waals surface area (Å²) in [6, 6.07) is 14.7. The maximum absolute atomic E-state index is 13.0. The summed E-state index contributed by atoms with van der Waals surface area (Å²) in [5.74, 6) is 1.65. The Bertz CT molecular complexity index is 784. The maximum Gasteiger partial charge on any atom is 0.255 e. The molecular weight excluding hydrogens is 360 g/mol. The van der Waals surface area contributed by atoms with Crippen molar-refractivity contribution in [1.29, 1.82) is 0 Å². The van der Waals surface area contributed by atoms with Gasteiger partial charge in [0.05, 0.1) is 5.56 Å². The SMILES string of the molecule is CCN1CCN(c2ccc(C(=O)N3CCCC(c4ccccc4)CC3)cn2)CC1. The highest BCUT2D eigenvalue weighted by Gasteiger charge is 2.23. The predicted octanol–water partition coefficient (Wildman–Crippen LogP) is 3.63. The smallest absolute Gasteiger partial charge is 0.255 e. The second kappa shape index (κ2) is 9.40. The number of hydrogen-bond donors (Lipinski definition) is 0. The van der Waals surface area contributed by atoms with Crippen LogP contribution >= 0.6 is 0 Å². The number of likely N-dealkylation sites (tertiary alicyclic amines) is 1. The number of aromatic nitrogens is 1. The first-order valence-electron chi connectivity index (χ1n) is 11.0. The minimum absolute atomic E-state index is 0.119. The Hall–Kier alpha value is -2.40. The number of hydrogen-bond acceptors (Lipinski definition) is 4. The molecule has 1 aromatic carbocycles. The van der Waals surface area contributed by atoms with Crippen LogP contribution in [0.5, 0.6) is 0 Å². The van der Waals surface area contributed by atoms with Crippen LogP contribution in [0.4, 0.5) is 5.82 Å². The third-order valence-electron chi connectivity index (χ3n) is 6.42. The third-order valence-corrected chi connectivity index (χ3v) is 6.42. The second-order valence-electron chi connectivity index (χ2n) is 8.16. The van der Waals surface area contributed by atoms with Crippen LogP contribution in [-0.4, -0.2) is 66.5 Å². The van der Waals surface area contributed by atoms with E-state index in [0.29, 0.717) is 11.5 Å². The van der Waals surface area contributed by atoms with Crippen molar-refractivity contribution < 1.29 is 4.79 Å². The van der Waals surface area contributed by atoms with Crippen molar-refractivity contribution in [2.75, 3.05) is 50.7 Å². The molecule has 0 N–H and O–H groups in total. The van der Waals surface area contributed by atoms with Gasteiger partial charge in [0.15, 0.2) is 0 Å². The molecule has 2 aliphatic rings. The van der Waals surface area contributed by atoms with Crippen LogP contribution in [0.3, 0.4) is 0 Å². The molecule has 29 heavy (non-hydrogen) atoms. The fourth-order valence-corrected chi connectivity index (χ4v) is 4.53. The highest BCUT2D eigenvalue weighted by molar-refractivity contribution is 5.94. The number of carbonyl (C=O) groups excluding carboxylic acids is 1. The van der Waals surface area contributed by atoms with Crippen molar-refractivity contribution in [3.05, 3.63) is 59.8 Å². The molecule has 5 nitrogen and oxygen atoms in total. The van der Waals surface area contributed by atoms with Gasteiger partial charge in [-0.05, 0) is 49.4 Å². The van der Waals surface area contributed by atoms with E-state index in [1.54, 1.807) is 6.20 Å². The molecule has 2 aliphatic heterocycles. The lowest BCUT2D eigenvalue weighted by molar-refractivity contribution is 0.0760. The lowest BCUT2D eigenvalue weighted by atomic mass is 9.92. The lowest BCUT2D eigenvalue weighted by Gasteiger charge is -2.34. The number of anilines is 1. The Labute approximate surface area is 174 Å². The van der Waals surface area contributed by atoms with E-state index in [-0.39, 0.29) is 5.91 Å². The van der Waals surface area contributed by atoms with E-state index >= 15 is 0 Å². The number of carbonyl (C=O) groups is 1. The number of nitrogens with zero attached hydrogens (tertiary/aromatic N) is 4. The van der Waals surface area contributed by atoms with Gasteiger partial charge >= 0.3 is 0 Å². The van der Waals surface area contributed by atoms with Crippen molar-refractivity contribution in [1.82, 2.24) is 14.8 Å². The molecule has 1 unspecified atom stereocenters. The van der Waals surface area contributed by atoms with Crippen LogP contribution in [-0.2, 0) is 0 Å². The molecule has 2 saturated heterocycles. The van der Waals surface area contributed by atoms with Gasteiger partial charge in [0, 0.05) is 45.5 Å². The summed E-state index contributed by atoms with van der Waals surface area (Å²) in [5.41, 5.74) is 2.11. The number of pyridine rings is 1. The molecule has 0 spiro atoms. The Kier molecular flexibility index (Phi) is 6.45. The lowest BCUT2D eigenvalue weighted by Crippen LogP contribution is -2.46. The van der Waals surface area contributed by atoms with E-state index in [4.69, 9.17) is 0 Å². The number of rotatable bonds is 4. The first-order valence-corrected chi connectivity index (χ1v) is 11.0. The van der Waals surface area contributed by atoms with Crippen LogP contribution < -0.4 is 4.90 Å². The van der Waals surface area contributed by atoms with E-state index in [9.17, 15) is 4.79 Å². The van der Waals surface area contributed by atoms with Crippen molar-refractivity contribution >= 4 is 11.7 Å². The molecule has 0 bridgehead atoms. The zero-order chi connectivity index (χ0) is 20.1. The standard InChI is InChI=1S/C24H32N4O/c1-2-26-15-17-27(18-16-26)23-11-10-22(19-25-23)24(29)28-13-6-9-21(12-14-28)20-7-4-3-5-8-20/h3-5,7-8,10-11,19,21H,2,6,9,12-18H2,1H3. The number of benzene rings is 1. The summed E-state index contributed by atoms with van der Waals surface area (Å²) in [4.78, 5) is 24.4. The van der Waals surface area contributed by atoms with E-state index in [2.05, 4.69) is 52.0 Å². The molecule has 3 heterocycles. The third kappa shape index (κ3) is 4.78. The number of piperazine rings is 1. The van der Waals surface area contributed by atoms with Gasteiger partial charge < -0.3 is 14.7 Å². The number of amides is 1. The Morgan fingerprint density at radius 2 is 1.76 bits per heavy atom. The predicted molar refractivity (Wildman–Crippen MR) is 118 cm³/mol. The molecule has 4 rings (SSSR count). The van der Waals surface area contributed by atoms with Crippen LogP contribution in [0, 0.1) is 0 Å². The summed E-state index contributed by atoms with van der Waals surface area (Å²) >= 11 is 0. The van der Waals surface area contributed by atoms with Gasteiger partial charge in [-0.2, -0.15) is 0 Å². The molecule has 1 amide bonds. The summed E-state index contributed by atoms with van der Waals surface area (Å²) < 4.78 is 0. The van der Waals surface area contributed by atoms with Gasteiger partial charge in [-0.15, -0.1) is 0 Å². The van der Waals surface area contributed by atoms with Gasteiger partial charge in [-0.25, -0.2) is 4.98 Å². The van der Waals surface area contributed by atoms with Gasteiger partial charge in [0.2, 0.25) is 0 Å². The molecule has 1 aromatic heterocycles. The normalized spacial score (nSPS) is 21.1. The average molecular weight is 393 g/mol. The zero-order valence-electron chi connectivity index (χ0n) is 17.5. The highest BCUT2D eigenvalue weighted by atomic mass is 16.2. The Balaban J connectivity index is 1.36. The average Bonchev–Trinajstić information content (AvgIpc) is 3.06. The molecule has 2 fully saturated rings. The van der Waals surface area contributed by atoms with E-state index < -0.39 is 0 Å². The van der Waals surface area contributed by atoms with Crippen molar-refractivity contribution in [2.24, 2.45) is 0 Å².